The average molecular weight is 420 g/mol. The average Bonchev–Trinajstić information content (AvgIpc) is 3.20. The van der Waals surface area contributed by atoms with Gasteiger partial charge in [-0.1, -0.05) is 6.07 Å². The van der Waals surface area contributed by atoms with Crippen LogP contribution in [0.3, 0.4) is 0 Å². The number of nitrogens with zero attached hydrogens (tertiary/aromatic N) is 6. The van der Waals surface area contributed by atoms with Crippen molar-refractivity contribution in [3.05, 3.63) is 58.8 Å². The van der Waals surface area contributed by atoms with Crippen molar-refractivity contribution in [3.8, 4) is 6.07 Å². The molecule has 2 N–H and O–H groups in total. The Bertz CT molecular complexity index is 1200. The molecule has 158 valence electrons. The number of halogens is 1. The fraction of sp³-hybridized carbons (Fsp3) is 0.286. The van der Waals surface area contributed by atoms with E-state index < -0.39 is 5.82 Å². The highest BCUT2D eigenvalue weighted by molar-refractivity contribution is 6.03. The molecular weight excluding hydrogens is 399 g/mol. The minimum Gasteiger partial charge on any atom is -0.350 e. The maximum Gasteiger partial charge on any atom is 0.246 e. The number of amides is 1. The summed E-state index contributed by atoms with van der Waals surface area (Å²) in [6.07, 6.45) is 3.56. The van der Waals surface area contributed by atoms with Gasteiger partial charge >= 0.3 is 0 Å². The molecule has 10 heteroatoms. The van der Waals surface area contributed by atoms with Gasteiger partial charge in [0.15, 0.2) is 5.82 Å². The molecule has 3 heterocycles. The van der Waals surface area contributed by atoms with E-state index in [1.165, 1.54) is 12.1 Å². The fourth-order valence-electron chi connectivity index (χ4n) is 3.36. The number of likely N-dealkylation sites (N-methyl/N-ethyl adjacent to an activating group) is 1. The van der Waals surface area contributed by atoms with Crippen molar-refractivity contribution in [1.82, 2.24) is 19.7 Å². The molecule has 0 spiro atoms. The highest BCUT2D eigenvalue weighted by Gasteiger charge is 2.30. The molecule has 0 bridgehead atoms. The second-order valence-corrected chi connectivity index (χ2v) is 7.42. The molecule has 31 heavy (non-hydrogen) atoms. The Morgan fingerprint density at radius 1 is 1.35 bits per heavy atom. The Morgan fingerprint density at radius 2 is 2.16 bits per heavy atom. The summed E-state index contributed by atoms with van der Waals surface area (Å²) in [7, 11) is 1.83. The number of hydrogen-bond donors (Lipinski definition) is 2. The lowest BCUT2D eigenvalue weighted by Crippen LogP contribution is -2.44. The number of carbonyl (C=O) groups is 1. The quantitative estimate of drug-likeness (QED) is 0.652. The molecule has 0 radical (unpaired) electrons. The number of rotatable bonds is 5. The maximum absolute atomic E-state index is 13.3. The first kappa shape index (κ1) is 20.3. The highest BCUT2D eigenvalue weighted by Crippen LogP contribution is 2.32. The van der Waals surface area contributed by atoms with Gasteiger partial charge in [0.25, 0.3) is 0 Å². The number of nitriles is 1. The molecule has 3 aromatic rings. The van der Waals surface area contributed by atoms with Gasteiger partial charge in [0, 0.05) is 25.4 Å². The molecule has 1 amide bonds. The summed E-state index contributed by atoms with van der Waals surface area (Å²) in [5.41, 5.74) is 3.18. The lowest BCUT2D eigenvalue weighted by molar-refractivity contribution is -0.117. The number of carbonyl (C=O) groups excluding carboxylic acids is 1. The first-order valence-corrected chi connectivity index (χ1v) is 9.71. The molecule has 0 saturated carbocycles. The fourth-order valence-corrected chi connectivity index (χ4v) is 3.36. The zero-order valence-electron chi connectivity index (χ0n) is 17.3. The van der Waals surface area contributed by atoms with Gasteiger partial charge in [-0.25, -0.2) is 9.37 Å². The van der Waals surface area contributed by atoms with Crippen LogP contribution in [-0.4, -0.2) is 38.7 Å². The zero-order chi connectivity index (χ0) is 22.1. The predicted octanol–water partition coefficient (Wildman–Crippen LogP) is 2.43. The van der Waals surface area contributed by atoms with Gasteiger partial charge < -0.3 is 15.5 Å². The summed E-state index contributed by atoms with van der Waals surface area (Å²) in [5.74, 6) is 0.587. The smallest absolute Gasteiger partial charge is 0.246 e. The Labute approximate surface area is 178 Å². The molecule has 0 saturated heterocycles. The van der Waals surface area contributed by atoms with Gasteiger partial charge in [-0.3, -0.25) is 9.48 Å². The van der Waals surface area contributed by atoms with Crippen LogP contribution in [0.15, 0.2) is 30.6 Å². The minimum absolute atomic E-state index is 0.0875. The lowest BCUT2D eigenvalue weighted by Gasteiger charge is -2.32. The molecule has 1 aliphatic rings. The lowest BCUT2D eigenvalue weighted by atomic mass is 10.1. The monoisotopic (exact) mass is 420 g/mol. The summed E-state index contributed by atoms with van der Waals surface area (Å²) in [6, 6.07) is 5.83. The highest BCUT2D eigenvalue weighted by atomic mass is 19.1. The van der Waals surface area contributed by atoms with Crippen molar-refractivity contribution in [1.29, 1.82) is 5.26 Å². The Kier molecular flexibility index (Phi) is 5.25. The molecule has 1 aliphatic heterocycles. The molecule has 0 aliphatic carbocycles. The van der Waals surface area contributed by atoms with Crippen LogP contribution in [0.4, 0.5) is 21.8 Å². The van der Waals surface area contributed by atoms with Crippen molar-refractivity contribution >= 4 is 23.4 Å². The van der Waals surface area contributed by atoms with Gasteiger partial charge in [0.05, 0.1) is 30.1 Å². The standard InChI is InChI=1S/C21H21FN8O/c1-12-18-19(29(3)13(2)20(31)27-18)28-21(26-12)24-8-14-9-25-30(10-14)11-15-4-5-17(22)6-16(15)7-23/h4-6,9-10,13H,8,11H2,1-3H3,(H,27,31)(H,24,26,28)/t13-/m0/s1. The van der Waals surface area contributed by atoms with Gasteiger partial charge in [0.1, 0.15) is 17.5 Å². The van der Waals surface area contributed by atoms with E-state index in [1.807, 2.05) is 38.1 Å². The summed E-state index contributed by atoms with van der Waals surface area (Å²) in [5, 5.41) is 19.6. The third kappa shape index (κ3) is 4.02. The van der Waals surface area contributed by atoms with Crippen LogP contribution < -0.4 is 15.5 Å². The first-order valence-electron chi connectivity index (χ1n) is 9.71. The van der Waals surface area contributed by atoms with Crippen LogP contribution in [0.1, 0.15) is 29.3 Å². The summed E-state index contributed by atoms with van der Waals surface area (Å²) < 4.78 is 15.0. The third-order valence-electron chi connectivity index (χ3n) is 5.28. The maximum atomic E-state index is 13.3. The van der Waals surface area contributed by atoms with Crippen LogP contribution in [-0.2, 0) is 17.9 Å². The van der Waals surface area contributed by atoms with Crippen molar-refractivity contribution < 1.29 is 9.18 Å². The van der Waals surface area contributed by atoms with Crippen LogP contribution in [0, 0.1) is 24.1 Å². The van der Waals surface area contributed by atoms with Crippen LogP contribution in [0.5, 0.6) is 0 Å². The Balaban J connectivity index is 1.47. The number of fused-ring (bicyclic) bond motifs is 1. The molecule has 9 nitrogen and oxygen atoms in total. The molecule has 0 unspecified atom stereocenters. The van der Waals surface area contributed by atoms with Gasteiger partial charge in [-0.15, -0.1) is 0 Å². The van der Waals surface area contributed by atoms with E-state index in [0.717, 1.165) is 5.56 Å². The van der Waals surface area contributed by atoms with Crippen molar-refractivity contribution in [2.75, 3.05) is 22.6 Å². The van der Waals surface area contributed by atoms with Crippen LogP contribution >= 0.6 is 0 Å². The number of hydrogen-bond acceptors (Lipinski definition) is 7. The molecule has 0 fully saturated rings. The Hall–Kier alpha value is -4.00. The van der Waals surface area contributed by atoms with E-state index in [-0.39, 0.29) is 11.9 Å². The van der Waals surface area contributed by atoms with Crippen molar-refractivity contribution in [2.24, 2.45) is 0 Å². The minimum atomic E-state index is -0.439. The topological polar surface area (TPSA) is 112 Å². The molecule has 4 rings (SSSR count). The predicted molar refractivity (Wildman–Crippen MR) is 113 cm³/mol. The summed E-state index contributed by atoms with van der Waals surface area (Å²) in [4.78, 5) is 22.8. The van der Waals surface area contributed by atoms with Crippen molar-refractivity contribution in [2.45, 2.75) is 33.0 Å². The van der Waals surface area contributed by atoms with Gasteiger partial charge in [-0.05, 0) is 31.5 Å². The van der Waals surface area contributed by atoms with Crippen molar-refractivity contribution in [3.63, 3.8) is 0 Å². The third-order valence-corrected chi connectivity index (χ3v) is 5.28. The normalized spacial score (nSPS) is 15.3. The van der Waals surface area contributed by atoms with E-state index in [1.54, 1.807) is 16.9 Å². The van der Waals surface area contributed by atoms with E-state index >= 15 is 0 Å². The SMILES string of the molecule is Cc1nc(NCc2cnn(Cc3ccc(F)cc3C#N)c2)nc2c1NC(=O)[C@H](C)N2C. The van der Waals surface area contributed by atoms with E-state index in [0.29, 0.717) is 47.4 Å². The van der Waals surface area contributed by atoms with E-state index in [4.69, 9.17) is 0 Å². The number of anilines is 3. The number of aromatic nitrogens is 4. The second-order valence-electron chi connectivity index (χ2n) is 7.42. The number of aryl methyl sites for hydroxylation is 1. The van der Waals surface area contributed by atoms with E-state index in [2.05, 4.69) is 25.7 Å². The van der Waals surface area contributed by atoms with E-state index in [9.17, 15) is 14.4 Å². The molecule has 2 aromatic heterocycles. The molecule has 1 aromatic carbocycles. The van der Waals surface area contributed by atoms with Gasteiger partial charge in [0.2, 0.25) is 11.9 Å². The number of benzene rings is 1. The summed E-state index contributed by atoms with van der Waals surface area (Å²) >= 11 is 0. The Morgan fingerprint density at radius 3 is 2.94 bits per heavy atom. The number of nitrogens with one attached hydrogen (secondary N) is 2. The first-order chi connectivity index (χ1) is 14.9. The van der Waals surface area contributed by atoms with Crippen LogP contribution in [0.2, 0.25) is 0 Å². The molecular formula is C21H21FN8O. The van der Waals surface area contributed by atoms with Gasteiger partial charge in [-0.2, -0.15) is 15.3 Å². The van der Waals surface area contributed by atoms with Crippen LogP contribution in [0.25, 0.3) is 0 Å². The largest absolute Gasteiger partial charge is 0.350 e. The molecule has 1 atom stereocenters. The summed E-state index contributed by atoms with van der Waals surface area (Å²) in [6.45, 7) is 4.44. The second kappa shape index (κ2) is 8.02. The zero-order valence-corrected chi connectivity index (χ0v) is 17.3.